The summed E-state index contributed by atoms with van der Waals surface area (Å²) in [5.41, 5.74) is 2.67. The quantitative estimate of drug-likeness (QED) is 0.392. The second-order valence-corrected chi connectivity index (χ2v) is 7.87. The predicted octanol–water partition coefficient (Wildman–Crippen LogP) is 4.51. The van der Waals surface area contributed by atoms with Gasteiger partial charge in [-0.2, -0.15) is 4.98 Å². The van der Waals surface area contributed by atoms with Crippen molar-refractivity contribution in [2.45, 2.75) is 13.0 Å². The normalized spacial score (nSPS) is 10.6. The Bertz CT molecular complexity index is 1270. The van der Waals surface area contributed by atoms with Crippen LogP contribution >= 0.6 is 0 Å². The van der Waals surface area contributed by atoms with Gasteiger partial charge in [-0.3, -0.25) is 4.79 Å². The molecule has 0 saturated carbocycles. The van der Waals surface area contributed by atoms with Gasteiger partial charge in [0.25, 0.3) is 11.8 Å². The Kier molecular flexibility index (Phi) is 7.47. The maximum atomic E-state index is 13.0. The monoisotopic (exact) mass is 473 g/mol. The number of carbonyl (C=O) groups is 2. The lowest BCUT2D eigenvalue weighted by Crippen LogP contribution is -2.33. The molecule has 0 saturated heterocycles. The number of anilines is 1. The Morgan fingerprint density at radius 3 is 2.40 bits per heavy atom. The highest BCUT2D eigenvalue weighted by molar-refractivity contribution is 5.94. The van der Waals surface area contributed by atoms with Crippen molar-refractivity contribution in [3.63, 3.8) is 0 Å². The molecule has 1 heterocycles. The van der Waals surface area contributed by atoms with E-state index in [1.54, 1.807) is 48.3 Å². The number of aromatic nitrogens is 2. The molecule has 2 N–H and O–H groups in total. The number of nitrogens with one attached hydrogen (secondary N) is 2. The highest BCUT2D eigenvalue weighted by atomic mass is 19.1. The van der Waals surface area contributed by atoms with Crippen molar-refractivity contribution >= 4 is 17.6 Å². The van der Waals surface area contributed by atoms with Gasteiger partial charge in [0.05, 0.1) is 0 Å². The molecular formula is C26H24FN5O3. The van der Waals surface area contributed by atoms with Gasteiger partial charge in [0.15, 0.2) is 5.82 Å². The van der Waals surface area contributed by atoms with Crippen molar-refractivity contribution in [1.29, 1.82) is 0 Å². The lowest BCUT2D eigenvalue weighted by molar-refractivity contribution is 0.0951. The Balaban J connectivity index is 1.28. The molecule has 0 spiro atoms. The largest absolute Gasteiger partial charge is 0.348 e. The molecule has 4 aromatic rings. The van der Waals surface area contributed by atoms with Gasteiger partial charge in [0, 0.05) is 43.4 Å². The average molecular weight is 474 g/mol. The Morgan fingerprint density at radius 1 is 0.971 bits per heavy atom. The summed E-state index contributed by atoms with van der Waals surface area (Å²) in [5, 5.41) is 9.60. The number of hydrogen-bond acceptors (Lipinski definition) is 5. The number of para-hydroxylation sites is 1. The lowest BCUT2D eigenvalue weighted by Gasteiger charge is -2.16. The van der Waals surface area contributed by atoms with Gasteiger partial charge < -0.3 is 20.1 Å². The van der Waals surface area contributed by atoms with E-state index in [9.17, 15) is 14.0 Å². The molecule has 178 valence electrons. The van der Waals surface area contributed by atoms with Crippen LogP contribution in [-0.2, 0) is 13.0 Å². The first kappa shape index (κ1) is 23.6. The van der Waals surface area contributed by atoms with Gasteiger partial charge >= 0.3 is 6.03 Å². The van der Waals surface area contributed by atoms with E-state index in [-0.39, 0.29) is 17.8 Å². The van der Waals surface area contributed by atoms with E-state index in [1.807, 2.05) is 30.3 Å². The minimum absolute atomic E-state index is 0.229. The summed E-state index contributed by atoms with van der Waals surface area (Å²) in [6.07, 6.45) is 0.423. The van der Waals surface area contributed by atoms with E-state index >= 15 is 0 Å². The third kappa shape index (κ3) is 6.50. The smallest absolute Gasteiger partial charge is 0.321 e. The van der Waals surface area contributed by atoms with Crippen LogP contribution in [0.4, 0.5) is 14.9 Å². The molecule has 0 bridgehead atoms. The van der Waals surface area contributed by atoms with Crippen LogP contribution in [0.2, 0.25) is 0 Å². The maximum absolute atomic E-state index is 13.0. The minimum Gasteiger partial charge on any atom is -0.348 e. The highest BCUT2D eigenvalue weighted by Crippen LogP contribution is 2.18. The van der Waals surface area contributed by atoms with Crippen LogP contribution in [0.1, 0.15) is 21.7 Å². The zero-order valence-electron chi connectivity index (χ0n) is 19.1. The standard InChI is InChI=1S/C26H24FN5O3/c1-32(26(34)29-22-5-3-2-4-6-22)16-15-23-30-25(35-31-23)20-11-9-19(10-12-20)24(33)28-17-18-7-13-21(27)14-8-18/h2-14H,15-17H2,1H3,(H,28,33)(H,29,34). The predicted molar refractivity (Wildman–Crippen MR) is 129 cm³/mol. The number of carbonyl (C=O) groups excluding carboxylic acids is 2. The van der Waals surface area contributed by atoms with Gasteiger partial charge in [-0.15, -0.1) is 0 Å². The molecule has 3 amide bonds. The number of hydrogen-bond donors (Lipinski definition) is 2. The van der Waals surface area contributed by atoms with E-state index < -0.39 is 0 Å². The van der Waals surface area contributed by atoms with E-state index in [0.717, 1.165) is 11.3 Å². The second-order valence-electron chi connectivity index (χ2n) is 7.87. The van der Waals surface area contributed by atoms with Crippen molar-refractivity contribution in [2.24, 2.45) is 0 Å². The van der Waals surface area contributed by atoms with Crippen molar-refractivity contribution < 1.29 is 18.5 Å². The first-order chi connectivity index (χ1) is 17.0. The second kappa shape index (κ2) is 11.1. The highest BCUT2D eigenvalue weighted by Gasteiger charge is 2.14. The number of urea groups is 1. The van der Waals surface area contributed by atoms with Crippen LogP contribution in [0.15, 0.2) is 83.4 Å². The molecule has 0 fully saturated rings. The zero-order chi connectivity index (χ0) is 24.6. The molecule has 0 atom stereocenters. The van der Waals surface area contributed by atoms with E-state index in [4.69, 9.17) is 4.52 Å². The lowest BCUT2D eigenvalue weighted by atomic mass is 10.1. The molecule has 3 aromatic carbocycles. The fourth-order valence-electron chi connectivity index (χ4n) is 3.23. The summed E-state index contributed by atoms with van der Waals surface area (Å²) in [7, 11) is 1.69. The molecule has 1 aromatic heterocycles. The number of likely N-dealkylation sites (N-methyl/N-ethyl adjacent to an activating group) is 1. The first-order valence-electron chi connectivity index (χ1n) is 11.0. The number of amides is 3. The van der Waals surface area contributed by atoms with E-state index in [1.165, 1.54) is 12.1 Å². The van der Waals surface area contributed by atoms with Crippen molar-refractivity contribution in [1.82, 2.24) is 20.4 Å². The number of halogens is 1. The van der Waals surface area contributed by atoms with Crippen molar-refractivity contribution in [2.75, 3.05) is 18.9 Å². The van der Waals surface area contributed by atoms with Crippen LogP contribution in [-0.4, -0.2) is 40.6 Å². The molecule has 4 rings (SSSR count). The molecule has 35 heavy (non-hydrogen) atoms. The summed E-state index contributed by atoms with van der Waals surface area (Å²) >= 11 is 0. The SMILES string of the molecule is CN(CCc1noc(-c2ccc(C(=O)NCc3ccc(F)cc3)cc2)n1)C(=O)Nc1ccccc1. The number of benzene rings is 3. The first-order valence-corrected chi connectivity index (χ1v) is 11.0. The Morgan fingerprint density at radius 2 is 1.69 bits per heavy atom. The maximum Gasteiger partial charge on any atom is 0.321 e. The third-order valence-corrected chi connectivity index (χ3v) is 5.27. The zero-order valence-corrected chi connectivity index (χ0v) is 19.1. The summed E-state index contributed by atoms with van der Waals surface area (Å²) in [5.74, 6) is 0.236. The molecular weight excluding hydrogens is 449 g/mol. The van der Waals surface area contributed by atoms with Gasteiger partial charge in [-0.25, -0.2) is 9.18 Å². The molecule has 0 unspecified atom stereocenters. The van der Waals surface area contributed by atoms with Crippen LogP contribution in [0.5, 0.6) is 0 Å². The summed E-state index contributed by atoms with van der Waals surface area (Å²) in [6.45, 7) is 0.705. The van der Waals surface area contributed by atoms with Crippen molar-refractivity contribution in [3.8, 4) is 11.5 Å². The Hall–Kier alpha value is -4.53. The van der Waals surface area contributed by atoms with Crippen LogP contribution in [0.25, 0.3) is 11.5 Å². The number of rotatable bonds is 8. The van der Waals surface area contributed by atoms with E-state index in [0.29, 0.717) is 42.4 Å². The molecule has 0 aliphatic carbocycles. The summed E-state index contributed by atoms with van der Waals surface area (Å²) < 4.78 is 18.3. The molecule has 0 aliphatic heterocycles. The van der Waals surface area contributed by atoms with Gasteiger partial charge in [0.2, 0.25) is 0 Å². The number of nitrogens with zero attached hydrogens (tertiary/aromatic N) is 3. The Labute approximate surface area is 201 Å². The van der Waals surface area contributed by atoms with Crippen LogP contribution in [0.3, 0.4) is 0 Å². The van der Waals surface area contributed by atoms with Crippen LogP contribution < -0.4 is 10.6 Å². The minimum atomic E-state index is -0.319. The van der Waals surface area contributed by atoms with Crippen molar-refractivity contribution in [3.05, 3.63) is 102 Å². The van der Waals surface area contributed by atoms with Gasteiger partial charge in [-0.05, 0) is 54.1 Å². The third-order valence-electron chi connectivity index (χ3n) is 5.27. The molecule has 0 radical (unpaired) electrons. The van der Waals surface area contributed by atoms with Crippen LogP contribution in [0, 0.1) is 5.82 Å². The topological polar surface area (TPSA) is 100 Å². The van der Waals surface area contributed by atoms with Gasteiger partial charge in [-0.1, -0.05) is 35.5 Å². The molecule has 8 nitrogen and oxygen atoms in total. The fraction of sp³-hybridized carbons (Fsp3) is 0.154. The van der Waals surface area contributed by atoms with Gasteiger partial charge in [0.1, 0.15) is 5.82 Å². The fourth-order valence-corrected chi connectivity index (χ4v) is 3.23. The molecule has 9 heteroatoms. The molecule has 0 aliphatic rings. The average Bonchev–Trinajstić information content (AvgIpc) is 3.36. The summed E-state index contributed by atoms with van der Waals surface area (Å²) in [6, 6.07) is 21.7. The van der Waals surface area contributed by atoms with E-state index in [2.05, 4.69) is 20.8 Å². The summed E-state index contributed by atoms with van der Waals surface area (Å²) in [4.78, 5) is 30.6.